The van der Waals surface area contributed by atoms with Crippen LogP contribution >= 0.6 is 0 Å². The molecule has 0 fully saturated rings. The Balaban J connectivity index is 1.72. The van der Waals surface area contributed by atoms with Crippen molar-refractivity contribution in [1.29, 1.82) is 0 Å². The van der Waals surface area contributed by atoms with Crippen LogP contribution in [0.25, 0.3) is 11.8 Å². The van der Waals surface area contributed by atoms with Gasteiger partial charge >= 0.3 is 0 Å². The molecular formula is C18H17N3O2. The summed E-state index contributed by atoms with van der Waals surface area (Å²) in [4.78, 5) is 8.44. The smallest absolute Gasteiger partial charge is 0.148 e. The van der Waals surface area contributed by atoms with E-state index in [1.165, 1.54) is 11.9 Å². The van der Waals surface area contributed by atoms with E-state index in [2.05, 4.69) is 27.3 Å². The van der Waals surface area contributed by atoms with Gasteiger partial charge in [-0.25, -0.2) is 9.97 Å². The molecule has 0 saturated carbocycles. The second kappa shape index (κ2) is 6.87. The second-order valence-electron chi connectivity index (χ2n) is 5.27. The highest BCUT2D eigenvalue weighted by Crippen LogP contribution is 2.15. The molecule has 0 aliphatic rings. The van der Waals surface area contributed by atoms with Crippen LogP contribution in [0.2, 0.25) is 0 Å². The molecule has 2 heterocycles. The first-order valence-electron chi connectivity index (χ1n) is 7.40. The Bertz CT molecular complexity index is 810. The van der Waals surface area contributed by atoms with Crippen molar-refractivity contribution in [3.8, 4) is 0 Å². The van der Waals surface area contributed by atoms with E-state index in [1.807, 2.05) is 24.3 Å². The summed E-state index contributed by atoms with van der Waals surface area (Å²) in [5.74, 6) is 0.667. The number of rotatable bonds is 5. The molecule has 1 aromatic carbocycles. The third-order valence-corrected chi connectivity index (χ3v) is 3.43. The molecule has 2 aromatic heterocycles. The number of aliphatic hydroxyl groups excluding tert-OH is 1. The number of aliphatic hydroxyl groups is 1. The molecule has 0 bridgehead atoms. The standard InChI is InChI=1S/C18H17N3O2/c1-13-9-17(21-23-13)18(22)11-16-10-15(19-12-20-16)8-7-14-5-3-2-4-6-14/h2-6,9-12,22H,7-8H2,1H3/b18-11-. The fourth-order valence-corrected chi connectivity index (χ4v) is 2.25. The Kier molecular flexibility index (Phi) is 4.47. The van der Waals surface area contributed by atoms with E-state index in [0.717, 1.165) is 18.5 Å². The normalized spacial score (nSPS) is 11.6. The molecule has 3 rings (SSSR count). The van der Waals surface area contributed by atoms with Crippen molar-refractivity contribution >= 4 is 11.8 Å². The second-order valence-corrected chi connectivity index (χ2v) is 5.27. The van der Waals surface area contributed by atoms with Crippen LogP contribution < -0.4 is 0 Å². The molecule has 0 atom stereocenters. The minimum Gasteiger partial charge on any atom is -0.505 e. The van der Waals surface area contributed by atoms with Crippen LogP contribution in [0.1, 0.15) is 28.4 Å². The zero-order valence-electron chi connectivity index (χ0n) is 12.8. The lowest BCUT2D eigenvalue weighted by molar-refractivity contribution is 0.390. The first-order valence-corrected chi connectivity index (χ1v) is 7.40. The van der Waals surface area contributed by atoms with Crippen LogP contribution in [0.15, 0.2) is 53.3 Å². The highest BCUT2D eigenvalue weighted by atomic mass is 16.5. The lowest BCUT2D eigenvalue weighted by atomic mass is 10.1. The van der Waals surface area contributed by atoms with Gasteiger partial charge in [0.05, 0.1) is 5.69 Å². The quantitative estimate of drug-likeness (QED) is 0.729. The van der Waals surface area contributed by atoms with E-state index in [4.69, 9.17) is 4.52 Å². The minimum absolute atomic E-state index is 0.0227. The number of aromatic nitrogens is 3. The van der Waals surface area contributed by atoms with Gasteiger partial charge in [0.1, 0.15) is 23.5 Å². The summed E-state index contributed by atoms with van der Waals surface area (Å²) in [7, 11) is 0. The molecule has 0 amide bonds. The molecule has 0 spiro atoms. The average molecular weight is 307 g/mol. The van der Waals surface area contributed by atoms with Gasteiger partial charge < -0.3 is 9.63 Å². The van der Waals surface area contributed by atoms with E-state index in [-0.39, 0.29) is 5.76 Å². The molecule has 116 valence electrons. The van der Waals surface area contributed by atoms with Crippen LogP contribution in [0.4, 0.5) is 0 Å². The Morgan fingerprint density at radius 1 is 1.13 bits per heavy atom. The van der Waals surface area contributed by atoms with Crippen molar-refractivity contribution in [2.45, 2.75) is 19.8 Å². The van der Waals surface area contributed by atoms with Gasteiger partial charge in [0.25, 0.3) is 0 Å². The number of hydrogen-bond acceptors (Lipinski definition) is 5. The van der Waals surface area contributed by atoms with Crippen molar-refractivity contribution in [3.63, 3.8) is 0 Å². The van der Waals surface area contributed by atoms with Crippen LogP contribution in [0.5, 0.6) is 0 Å². The van der Waals surface area contributed by atoms with Crippen molar-refractivity contribution in [2.24, 2.45) is 0 Å². The summed E-state index contributed by atoms with van der Waals surface area (Å²) in [5.41, 5.74) is 3.23. The van der Waals surface area contributed by atoms with Crippen LogP contribution in [0.3, 0.4) is 0 Å². The molecule has 0 radical (unpaired) electrons. The van der Waals surface area contributed by atoms with Gasteiger partial charge in [0.15, 0.2) is 0 Å². The van der Waals surface area contributed by atoms with E-state index in [1.54, 1.807) is 19.1 Å². The molecule has 23 heavy (non-hydrogen) atoms. The average Bonchev–Trinajstić information content (AvgIpc) is 3.01. The van der Waals surface area contributed by atoms with Crippen molar-refractivity contribution in [3.05, 3.63) is 77.2 Å². The zero-order chi connectivity index (χ0) is 16.1. The summed E-state index contributed by atoms with van der Waals surface area (Å²) < 4.78 is 4.95. The minimum atomic E-state index is 0.0227. The summed E-state index contributed by atoms with van der Waals surface area (Å²) in [6.07, 6.45) is 4.80. The predicted molar refractivity (Wildman–Crippen MR) is 87.6 cm³/mol. The maximum Gasteiger partial charge on any atom is 0.148 e. The largest absolute Gasteiger partial charge is 0.505 e. The fraction of sp³-hybridized carbons (Fsp3) is 0.167. The Labute approximate surface area is 134 Å². The maximum atomic E-state index is 10.1. The first kappa shape index (κ1) is 15.0. The Morgan fingerprint density at radius 3 is 2.70 bits per heavy atom. The summed E-state index contributed by atoms with van der Waals surface area (Å²) in [6, 6.07) is 13.8. The van der Waals surface area contributed by atoms with Crippen molar-refractivity contribution in [2.75, 3.05) is 0 Å². The Morgan fingerprint density at radius 2 is 1.96 bits per heavy atom. The number of benzene rings is 1. The van der Waals surface area contributed by atoms with Gasteiger partial charge in [0.2, 0.25) is 0 Å². The van der Waals surface area contributed by atoms with Gasteiger partial charge in [-0.3, -0.25) is 0 Å². The van der Waals surface area contributed by atoms with E-state index < -0.39 is 0 Å². The SMILES string of the molecule is Cc1cc(/C(O)=C/c2cc(CCc3ccccc3)ncn2)no1. The lowest BCUT2D eigenvalue weighted by Gasteiger charge is -2.02. The zero-order valence-corrected chi connectivity index (χ0v) is 12.8. The fourth-order valence-electron chi connectivity index (χ4n) is 2.25. The first-order chi connectivity index (χ1) is 11.2. The molecule has 5 nitrogen and oxygen atoms in total. The van der Waals surface area contributed by atoms with Gasteiger partial charge in [-0.2, -0.15) is 0 Å². The third-order valence-electron chi connectivity index (χ3n) is 3.43. The van der Waals surface area contributed by atoms with Crippen molar-refractivity contribution < 1.29 is 9.63 Å². The topological polar surface area (TPSA) is 72.0 Å². The molecular weight excluding hydrogens is 290 g/mol. The monoisotopic (exact) mass is 307 g/mol. The number of aryl methyl sites for hydroxylation is 3. The third kappa shape index (κ3) is 4.03. The summed E-state index contributed by atoms with van der Waals surface area (Å²) in [5, 5.41) is 13.8. The van der Waals surface area contributed by atoms with Gasteiger partial charge in [-0.1, -0.05) is 35.5 Å². The highest BCUT2D eigenvalue weighted by molar-refractivity contribution is 5.73. The molecule has 0 aliphatic carbocycles. The predicted octanol–water partition coefficient (Wildman–Crippen LogP) is 3.61. The van der Waals surface area contributed by atoms with Crippen LogP contribution in [0, 0.1) is 6.92 Å². The molecule has 1 N–H and O–H groups in total. The number of nitrogens with zero attached hydrogens (tertiary/aromatic N) is 3. The summed E-state index contributed by atoms with van der Waals surface area (Å²) >= 11 is 0. The maximum absolute atomic E-state index is 10.1. The van der Waals surface area contributed by atoms with Gasteiger partial charge in [-0.05, 0) is 31.4 Å². The molecule has 5 heteroatoms. The molecule has 0 aliphatic heterocycles. The van der Waals surface area contributed by atoms with Crippen LogP contribution in [-0.4, -0.2) is 20.2 Å². The molecule has 3 aromatic rings. The van der Waals surface area contributed by atoms with E-state index in [0.29, 0.717) is 17.1 Å². The summed E-state index contributed by atoms with van der Waals surface area (Å²) in [6.45, 7) is 1.77. The lowest BCUT2D eigenvalue weighted by Crippen LogP contribution is -1.96. The van der Waals surface area contributed by atoms with E-state index >= 15 is 0 Å². The van der Waals surface area contributed by atoms with Gasteiger partial charge in [-0.15, -0.1) is 0 Å². The van der Waals surface area contributed by atoms with Gasteiger partial charge in [0, 0.05) is 17.8 Å². The molecule has 0 unspecified atom stereocenters. The van der Waals surface area contributed by atoms with Crippen molar-refractivity contribution in [1.82, 2.24) is 15.1 Å². The molecule has 0 saturated heterocycles. The number of hydrogen-bond donors (Lipinski definition) is 1. The Hall–Kier alpha value is -2.95. The van der Waals surface area contributed by atoms with Crippen LogP contribution in [-0.2, 0) is 12.8 Å². The highest BCUT2D eigenvalue weighted by Gasteiger charge is 2.06. The van der Waals surface area contributed by atoms with E-state index in [9.17, 15) is 5.11 Å².